The van der Waals surface area contributed by atoms with Gasteiger partial charge in [-0.2, -0.15) is 13.2 Å². The molecular weight excluding hydrogens is 345 g/mol. The Bertz CT molecular complexity index is 590. The minimum atomic E-state index is -4.28. The van der Waals surface area contributed by atoms with Gasteiger partial charge in [-0.15, -0.1) is 0 Å². The van der Waals surface area contributed by atoms with Crippen LogP contribution in [0.5, 0.6) is 0 Å². The third-order valence-electron chi connectivity index (χ3n) is 3.97. The normalized spacial score (nSPS) is 18.3. The Hall–Kier alpha value is -1.76. The Labute approximate surface area is 143 Å². The minimum absolute atomic E-state index is 0.0239. The highest BCUT2D eigenvalue weighted by molar-refractivity contribution is 6.30. The highest BCUT2D eigenvalue weighted by Gasteiger charge is 2.42. The van der Waals surface area contributed by atoms with Gasteiger partial charge in [-0.25, -0.2) is 0 Å². The topological polar surface area (TPSA) is 49.4 Å². The fourth-order valence-electron chi connectivity index (χ4n) is 2.62. The maximum atomic E-state index is 12.7. The molecule has 0 unspecified atom stereocenters. The first kappa shape index (κ1) is 18.6. The number of amides is 2. The van der Waals surface area contributed by atoms with Gasteiger partial charge >= 0.3 is 6.18 Å². The average molecular weight is 363 g/mol. The van der Waals surface area contributed by atoms with Gasteiger partial charge in [0.2, 0.25) is 5.91 Å². The van der Waals surface area contributed by atoms with Crippen LogP contribution in [-0.4, -0.2) is 42.5 Å². The van der Waals surface area contributed by atoms with E-state index in [1.54, 1.807) is 24.3 Å². The summed E-state index contributed by atoms with van der Waals surface area (Å²) >= 11 is 5.73. The van der Waals surface area contributed by atoms with Crippen molar-refractivity contribution in [1.82, 2.24) is 10.2 Å². The van der Waals surface area contributed by atoms with Crippen molar-refractivity contribution in [3.05, 3.63) is 34.9 Å². The number of alkyl halides is 3. The Morgan fingerprint density at radius 3 is 2.54 bits per heavy atom. The van der Waals surface area contributed by atoms with Crippen molar-refractivity contribution < 1.29 is 22.8 Å². The Morgan fingerprint density at radius 2 is 1.92 bits per heavy atom. The minimum Gasteiger partial charge on any atom is -0.352 e. The molecule has 1 saturated heterocycles. The first-order valence-electron chi connectivity index (χ1n) is 7.65. The molecule has 8 heteroatoms. The zero-order valence-electron chi connectivity index (χ0n) is 12.9. The van der Waals surface area contributed by atoms with E-state index in [0.29, 0.717) is 23.6 Å². The van der Waals surface area contributed by atoms with Gasteiger partial charge in [0.25, 0.3) is 5.91 Å². The highest BCUT2D eigenvalue weighted by atomic mass is 35.5. The second-order valence-corrected chi connectivity index (χ2v) is 6.17. The van der Waals surface area contributed by atoms with Crippen LogP contribution in [0.1, 0.15) is 29.6 Å². The summed E-state index contributed by atoms with van der Waals surface area (Å²) in [6, 6.07) is 6.26. The first-order chi connectivity index (χ1) is 11.3. The number of hydrogen-bond donors (Lipinski definition) is 1. The molecular formula is C16H18ClF3N2O2. The van der Waals surface area contributed by atoms with Crippen LogP contribution in [0.2, 0.25) is 5.02 Å². The van der Waals surface area contributed by atoms with Crippen LogP contribution in [-0.2, 0) is 4.79 Å². The summed E-state index contributed by atoms with van der Waals surface area (Å²) in [4.78, 5) is 25.1. The molecule has 1 aromatic carbocycles. The molecule has 2 rings (SSSR count). The summed E-state index contributed by atoms with van der Waals surface area (Å²) in [7, 11) is 0. The summed E-state index contributed by atoms with van der Waals surface area (Å²) in [5.41, 5.74) is 0.405. The number of hydrogen-bond acceptors (Lipinski definition) is 2. The largest absolute Gasteiger partial charge is 0.393 e. The lowest BCUT2D eigenvalue weighted by atomic mass is 9.97. The molecule has 0 bridgehead atoms. The number of nitrogens with one attached hydrogen (secondary N) is 1. The van der Waals surface area contributed by atoms with Crippen molar-refractivity contribution in [1.29, 1.82) is 0 Å². The third kappa shape index (κ3) is 5.12. The predicted octanol–water partition coefficient (Wildman–Crippen LogP) is 3.26. The maximum absolute atomic E-state index is 12.7. The molecule has 132 valence electrons. The van der Waals surface area contributed by atoms with Crippen LogP contribution in [0.25, 0.3) is 0 Å². The summed E-state index contributed by atoms with van der Waals surface area (Å²) in [6.45, 7) is 0.109. The summed E-state index contributed by atoms with van der Waals surface area (Å²) < 4.78 is 38.2. The summed E-state index contributed by atoms with van der Waals surface area (Å²) in [5, 5.41) is 3.08. The van der Waals surface area contributed by atoms with E-state index < -0.39 is 12.1 Å². The number of benzene rings is 1. The van der Waals surface area contributed by atoms with E-state index in [-0.39, 0.29) is 37.7 Å². The second kappa shape index (κ2) is 7.88. The van der Waals surface area contributed by atoms with Crippen molar-refractivity contribution in [2.75, 3.05) is 19.6 Å². The van der Waals surface area contributed by atoms with Gasteiger partial charge in [-0.05, 0) is 37.1 Å². The number of rotatable bonds is 4. The van der Waals surface area contributed by atoms with Crippen LogP contribution >= 0.6 is 11.6 Å². The number of likely N-dealkylation sites (tertiary alicyclic amines) is 1. The number of carbonyl (C=O) groups excluding carboxylic acids is 2. The lowest BCUT2D eigenvalue weighted by Crippen LogP contribution is -2.45. The monoisotopic (exact) mass is 362 g/mol. The molecule has 1 atom stereocenters. The van der Waals surface area contributed by atoms with E-state index in [9.17, 15) is 22.8 Å². The molecule has 0 radical (unpaired) electrons. The Balaban J connectivity index is 1.78. The van der Waals surface area contributed by atoms with Gasteiger partial charge in [0.05, 0.1) is 5.92 Å². The van der Waals surface area contributed by atoms with Crippen molar-refractivity contribution in [2.45, 2.75) is 25.4 Å². The Morgan fingerprint density at radius 1 is 1.25 bits per heavy atom. The molecule has 1 aliphatic rings. The van der Waals surface area contributed by atoms with Gasteiger partial charge in [0.15, 0.2) is 0 Å². The van der Waals surface area contributed by atoms with E-state index in [1.807, 2.05) is 0 Å². The third-order valence-corrected chi connectivity index (χ3v) is 4.22. The molecule has 2 amide bonds. The molecule has 1 aliphatic heterocycles. The van der Waals surface area contributed by atoms with E-state index in [0.717, 1.165) is 0 Å². The highest BCUT2D eigenvalue weighted by Crippen LogP contribution is 2.33. The molecule has 0 spiro atoms. The molecule has 1 fully saturated rings. The lowest BCUT2D eigenvalue weighted by molar-refractivity contribution is -0.188. The molecule has 1 heterocycles. The standard InChI is InChI=1S/C16H18ClF3N2O2/c17-13-5-3-11(4-6-13)15(24)21-8-7-14(23)22-9-1-2-12(10-22)16(18,19)20/h3-6,12H,1-2,7-10H2,(H,21,24)/t12-/m0/s1. The van der Waals surface area contributed by atoms with Crippen LogP contribution in [0.3, 0.4) is 0 Å². The molecule has 24 heavy (non-hydrogen) atoms. The maximum Gasteiger partial charge on any atom is 0.393 e. The van der Waals surface area contributed by atoms with Crippen molar-refractivity contribution >= 4 is 23.4 Å². The van der Waals surface area contributed by atoms with Gasteiger partial charge in [0.1, 0.15) is 0 Å². The van der Waals surface area contributed by atoms with Gasteiger partial charge in [0, 0.05) is 36.6 Å². The van der Waals surface area contributed by atoms with E-state index >= 15 is 0 Å². The molecule has 4 nitrogen and oxygen atoms in total. The SMILES string of the molecule is O=C(NCCC(=O)N1CCC[C@H](C(F)(F)F)C1)c1ccc(Cl)cc1. The predicted molar refractivity (Wildman–Crippen MR) is 83.8 cm³/mol. The molecule has 0 aliphatic carbocycles. The van der Waals surface area contributed by atoms with Crippen LogP contribution in [0, 0.1) is 5.92 Å². The van der Waals surface area contributed by atoms with E-state index in [4.69, 9.17) is 11.6 Å². The molecule has 1 aromatic rings. The van der Waals surface area contributed by atoms with Gasteiger partial charge in [-0.1, -0.05) is 11.6 Å². The molecule has 1 N–H and O–H groups in total. The van der Waals surface area contributed by atoms with Crippen LogP contribution < -0.4 is 5.32 Å². The Kier molecular flexibility index (Phi) is 6.10. The zero-order chi connectivity index (χ0) is 17.7. The molecule has 0 aromatic heterocycles. The van der Waals surface area contributed by atoms with Crippen LogP contribution in [0.4, 0.5) is 13.2 Å². The van der Waals surface area contributed by atoms with Crippen LogP contribution in [0.15, 0.2) is 24.3 Å². The average Bonchev–Trinajstić information content (AvgIpc) is 2.54. The fourth-order valence-corrected chi connectivity index (χ4v) is 2.74. The van der Waals surface area contributed by atoms with E-state index in [1.165, 1.54) is 4.90 Å². The first-order valence-corrected chi connectivity index (χ1v) is 8.03. The van der Waals surface area contributed by atoms with Gasteiger partial charge in [-0.3, -0.25) is 9.59 Å². The van der Waals surface area contributed by atoms with Crippen molar-refractivity contribution in [2.24, 2.45) is 5.92 Å². The quantitative estimate of drug-likeness (QED) is 0.893. The number of halogens is 4. The number of nitrogens with zero attached hydrogens (tertiary/aromatic N) is 1. The second-order valence-electron chi connectivity index (χ2n) is 5.73. The molecule has 0 saturated carbocycles. The summed E-state index contributed by atoms with van der Waals surface area (Å²) in [6.07, 6.45) is -3.90. The van der Waals surface area contributed by atoms with Gasteiger partial charge < -0.3 is 10.2 Å². The lowest BCUT2D eigenvalue weighted by Gasteiger charge is -2.33. The zero-order valence-corrected chi connectivity index (χ0v) is 13.7. The number of piperidine rings is 1. The fraction of sp³-hybridized carbons (Fsp3) is 0.500. The number of carbonyl (C=O) groups is 2. The smallest absolute Gasteiger partial charge is 0.352 e. The summed E-state index contributed by atoms with van der Waals surface area (Å²) in [5.74, 6) is -2.19. The van der Waals surface area contributed by atoms with Crippen molar-refractivity contribution in [3.8, 4) is 0 Å². The van der Waals surface area contributed by atoms with E-state index in [2.05, 4.69) is 5.32 Å². The van der Waals surface area contributed by atoms with Crippen molar-refractivity contribution in [3.63, 3.8) is 0 Å².